The normalized spacial score (nSPS) is 13.6. The zero-order valence-electron chi connectivity index (χ0n) is 13.9. The van der Waals surface area contributed by atoms with Gasteiger partial charge in [-0.15, -0.1) is 0 Å². The van der Waals surface area contributed by atoms with Gasteiger partial charge in [0, 0.05) is 25.3 Å². The van der Waals surface area contributed by atoms with Crippen LogP contribution in [0.1, 0.15) is 18.4 Å². The molecule has 0 radical (unpaired) electrons. The number of anilines is 2. The molecule has 2 aromatic rings. The summed E-state index contributed by atoms with van der Waals surface area (Å²) in [7, 11) is 1.58. The molecule has 24 heavy (non-hydrogen) atoms. The number of methoxy groups -OCH3 is 1. The number of hydrogen-bond acceptors (Lipinski definition) is 3. The van der Waals surface area contributed by atoms with Crippen LogP contribution in [0.5, 0.6) is 5.75 Å². The van der Waals surface area contributed by atoms with Crippen LogP contribution in [0.15, 0.2) is 48.5 Å². The molecule has 2 amide bonds. The van der Waals surface area contributed by atoms with Crippen LogP contribution < -0.4 is 20.3 Å². The molecule has 126 valence electrons. The maximum atomic E-state index is 12.0. The van der Waals surface area contributed by atoms with Gasteiger partial charge in [-0.2, -0.15) is 0 Å². The van der Waals surface area contributed by atoms with Crippen molar-refractivity contribution in [2.45, 2.75) is 19.4 Å². The zero-order valence-corrected chi connectivity index (χ0v) is 13.9. The fraction of sp³-hybridized carbons (Fsp3) is 0.316. The number of urea groups is 1. The molecule has 2 N–H and O–H groups in total. The predicted octanol–water partition coefficient (Wildman–Crippen LogP) is 3.62. The van der Waals surface area contributed by atoms with Gasteiger partial charge in [0.05, 0.1) is 12.8 Å². The van der Waals surface area contributed by atoms with Gasteiger partial charge in [0.25, 0.3) is 0 Å². The van der Waals surface area contributed by atoms with E-state index in [9.17, 15) is 4.79 Å². The van der Waals surface area contributed by atoms with E-state index in [1.807, 2.05) is 24.3 Å². The second kappa shape index (κ2) is 7.73. The third-order valence-electron chi connectivity index (χ3n) is 4.22. The highest BCUT2D eigenvalue weighted by Gasteiger charge is 2.12. The molecule has 0 spiro atoms. The number of rotatable bonds is 5. The molecule has 0 saturated carbocycles. The molecule has 0 atom stereocenters. The van der Waals surface area contributed by atoms with Crippen molar-refractivity contribution in [3.05, 3.63) is 54.1 Å². The fourth-order valence-corrected chi connectivity index (χ4v) is 2.90. The second-order valence-electron chi connectivity index (χ2n) is 5.87. The average Bonchev–Trinajstić information content (AvgIpc) is 3.15. The Bertz CT molecular complexity index is 679. The number of carbonyl (C=O) groups excluding carboxylic acids is 1. The zero-order chi connectivity index (χ0) is 16.8. The van der Waals surface area contributed by atoms with E-state index >= 15 is 0 Å². The minimum absolute atomic E-state index is 0.247. The molecule has 0 aromatic heterocycles. The second-order valence-corrected chi connectivity index (χ2v) is 5.87. The van der Waals surface area contributed by atoms with Crippen molar-refractivity contribution in [1.29, 1.82) is 0 Å². The summed E-state index contributed by atoms with van der Waals surface area (Å²) in [6, 6.07) is 15.5. The number of ether oxygens (including phenoxy) is 1. The molecule has 5 heteroatoms. The van der Waals surface area contributed by atoms with Crippen molar-refractivity contribution in [2.75, 3.05) is 30.4 Å². The Balaban J connectivity index is 1.52. The van der Waals surface area contributed by atoms with Crippen LogP contribution in [0.2, 0.25) is 0 Å². The lowest BCUT2D eigenvalue weighted by Crippen LogP contribution is -2.28. The SMILES string of the molecule is COc1ccccc1NC(=O)NCc1ccc(N2CCCC2)cc1. The van der Waals surface area contributed by atoms with E-state index in [0.717, 1.165) is 18.7 Å². The smallest absolute Gasteiger partial charge is 0.319 e. The Morgan fingerprint density at radius 1 is 1.08 bits per heavy atom. The summed E-state index contributed by atoms with van der Waals surface area (Å²) in [5.41, 5.74) is 2.99. The molecule has 1 saturated heterocycles. The number of benzene rings is 2. The van der Waals surface area contributed by atoms with E-state index in [1.54, 1.807) is 7.11 Å². The van der Waals surface area contributed by atoms with E-state index in [2.05, 4.69) is 39.8 Å². The van der Waals surface area contributed by atoms with Gasteiger partial charge in [-0.05, 0) is 42.7 Å². The fourth-order valence-electron chi connectivity index (χ4n) is 2.90. The van der Waals surface area contributed by atoms with Crippen molar-refractivity contribution >= 4 is 17.4 Å². The molecule has 1 fully saturated rings. The maximum Gasteiger partial charge on any atom is 0.319 e. The van der Waals surface area contributed by atoms with Gasteiger partial charge in [-0.3, -0.25) is 0 Å². The molecule has 3 rings (SSSR count). The summed E-state index contributed by atoms with van der Waals surface area (Å²) in [6.45, 7) is 2.76. The minimum atomic E-state index is -0.247. The van der Waals surface area contributed by atoms with Gasteiger partial charge in [-0.25, -0.2) is 4.79 Å². The highest BCUT2D eigenvalue weighted by Crippen LogP contribution is 2.23. The quantitative estimate of drug-likeness (QED) is 0.883. The van der Waals surface area contributed by atoms with E-state index in [1.165, 1.54) is 18.5 Å². The molecule has 1 heterocycles. The lowest BCUT2D eigenvalue weighted by molar-refractivity contribution is 0.251. The van der Waals surface area contributed by atoms with Gasteiger partial charge < -0.3 is 20.3 Å². The van der Waals surface area contributed by atoms with Crippen molar-refractivity contribution < 1.29 is 9.53 Å². The molecule has 0 bridgehead atoms. The monoisotopic (exact) mass is 325 g/mol. The van der Waals surface area contributed by atoms with Crippen LogP contribution in [-0.2, 0) is 6.54 Å². The van der Waals surface area contributed by atoms with E-state index in [4.69, 9.17) is 4.74 Å². The van der Waals surface area contributed by atoms with Crippen molar-refractivity contribution in [2.24, 2.45) is 0 Å². The molecule has 0 unspecified atom stereocenters. The molecule has 1 aliphatic rings. The number of carbonyl (C=O) groups is 1. The average molecular weight is 325 g/mol. The van der Waals surface area contributed by atoms with Gasteiger partial charge in [0.15, 0.2) is 0 Å². The first-order chi connectivity index (χ1) is 11.8. The number of nitrogens with one attached hydrogen (secondary N) is 2. The van der Waals surface area contributed by atoms with Gasteiger partial charge in [0.1, 0.15) is 5.75 Å². The molecular formula is C19H23N3O2. The Labute approximate surface area is 142 Å². The summed E-state index contributed by atoms with van der Waals surface area (Å²) in [5, 5.41) is 5.67. The van der Waals surface area contributed by atoms with Crippen LogP contribution in [0.4, 0.5) is 16.2 Å². The number of para-hydroxylation sites is 2. The molecule has 1 aliphatic heterocycles. The number of nitrogens with zero attached hydrogens (tertiary/aromatic N) is 1. The topological polar surface area (TPSA) is 53.6 Å². The first-order valence-electron chi connectivity index (χ1n) is 8.28. The Morgan fingerprint density at radius 3 is 2.50 bits per heavy atom. The van der Waals surface area contributed by atoms with Crippen LogP contribution in [-0.4, -0.2) is 26.2 Å². The highest BCUT2D eigenvalue weighted by atomic mass is 16.5. The summed E-state index contributed by atoms with van der Waals surface area (Å²) in [6.07, 6.45) is 2.54. The van der Waals surface area contributed by atoms with Gasteiger partial charge in [0.2, 0.25) is 0 Å². The Hall–Kier alpha value is -2.69. The van der Waals surface area contributed by atoms with Gasteiger partial charge in [-0.1, -0.05) is 24.3 Å². The van der Waals surface area contributed by atoms with Crippen LogP contribution in [0.25, 0.3) is 0 Å². The van der Waals surface area contributed by atoms with E-state index < -0.39 is 0 Å². The van der Waals surface area contributed by atoms with Crippen LogP contribution in [0, 0.1) is 0 Å². The third-order valence-corrected chi connectivity index (χ3v) is 4.22. The first kappa shape index (κ1) is 16.2. The molecule has 0 aliphatic carbocycles. The van der Waals surface area contributed by atoms with E-state index in [-0.39, 0.29) is 6.03 Å². The van der Waals surface area contributed by atoms with Gasteiger partial charge >= 0.3 is 6.03 Å². The highest BCUT2D eigenvalue weighted by molar-refractivity contribution is 5.90. The largest absolute Gasteiger partial charge is 0.495 e. The number of hydrogen-bond donors (Lipinski definition) is 2. The maximum absolute atomic E-state index is 12.0. The summed E-state index contributed by atoms with van der Waals surface area (Å²) in [5.74, 6) is 0.641. The van der Waals surface area contributed by atoms with Crippen LogP contribution >= 0.6 is 0 Å². The summed E-state index contributed by atoms with van der Waals surface area (Å²) < 4.78 is 5.22. The van der Waals surface area contributed by atoms with Crippen LogP contribution in [0.3, 0.4) is 0 Å². The van der Waals surface area contributed by atoms with E-state index in [0.29, 0.717) is 18.0 Å². The summed E-state index contributed by atoms with van der Waals surface area (Å²) in [4.78, 5) is 14.4. The minimum Gasteiger partial charge on any atom is -0.495 e. The van der Waals surface area contributed by atoms with Crippen molar-refractivity contribution in [3.8, 4) is 5.75 Å². The Kier molecular flexibility index (Phi) is 5.21. The number of amides is 2. The third kappa shape index (κ3) is 3.98. The first-order valence-corrected chi connectivity index (χ1v) is 8.28. The standard InChI is InChI=1S/C19H23N3O2/c1-24-18-7-3-2-6-17(18)21-19(23)20-14-15-8-10-16(11-9-15)22-12-4-5-13-22/h2-3,6-11H,4-5,12-14H2,1H3,(H2,20,21,23). The Morgan fingerprint density at radius 2 is 1.79 bits per heavy atom. The lowest BCUT2D eigenvalue weighted by Gasteiger charge is -2.17. The predicted molar refractivity (Wildman–Crippen MR) is 96.7 cm³/mol. The van der Waals surface area contributed by atoms with Crippen molar-refractivity contribution in [3.63, 3.8) is 0 Å². The lowest BCUT2D eigenvalue weighted by atomic mass is 10.2. The molecular weight excluding hydrogens is 302 g/mol. The van der Waals surface area contributed by atoms with Crippen molar-refractivity contribution in [1.82, 2.24) is 5.32 Å². The summed E-state index contributed by atoms with van der Waals surface area (Å²) >= 11 is 0. The molecule has 2 aromatic carbocycles. The molecule has 5 nitrogen and oxygen atoms in total.